The third-order valence-electron chi connectivity index (χ3n) is 5.36. The molecule has 6 heteroatoms. The highest BCUT2D eigenvalue weighted by Crippen LogP contribution is 2.29. The van der Waals surface area contributed by atoms with Gasteiger partial charge in [0, 0.05) is 28.6 Å². The number of anilines is 1. The van der Waals surface area contributed by atoms with Gasteiger partial charge in [-0.3, -0.25) is 10.1 Å². The van der Waals surface area contributed by atoms with Crippen LogP contribution in [0.1, 0.15) is 33.3 Å². The number of hydrogen-bond acceptors (Lipinski definition) is 5. The van der Waals surface area contributed by atoms with E-state index in [2.05, 4.69) is 46.6 Å². The van der Waals surface area contributed by atoms with E-state index in [1.807, 2.05) is 42.6 Å². The molecule has 32 heavy (non-hydrogen) atoms. The summed E-state index contributed by atoms with van der Waals surface area (Å²) in [5, 5.41) is 8.42. The molecule has 1 amide bonds. The van der Waals surface area contributed by atoms with Gasteiger partial charge in [-0.15, -0.1) is 11.3 Å². The molecular weight excluding hydrogens is 418 g/mol. The lowest BCUT2D eigenvalue weighted by atomic mass is 10.1. The number of aryl methyl sites for hydroxylation is 1. The largest absolute Gasteiger partial charge is 0.355 e. The number of benzene rings is 3. The zero-order valence-electron chi connectivity index (χ0n) is 17.5. The molecule has 0 fully saturated rings. The minimum absolute atomic E-state index is 0.208. The van der Waals surface area contributed by atoms with E-state index in [9.17, 15) is 4.79 Å². The van der Waals surface area contributed by atoms with Crippen molar-refractivity contribution in [3.8, 4) is 11.3 Å². The van der Waals surface area contributed by atoms with Crippen LogP contribution in [0.2, 0.25) is 0 Å². The van der Waals surface area contributed by atoms with Crippen molar-refractivity contribution in [3.63, 3.8) is 0 Å². The van der Waals surface area contributed by atoms with Crippen LogP contribution in [0.15, 0.2) is 83.5 Å². The van der Waals surface area contributed by atoms with Crippen molar-refractivity contribution in [1.82, 2.24) is 10.1 Å². The Morgan fingerprint density at radius 1 is 1.00 bits per heavy atom. The molecule has 0 spiro atoms. The summed E-state index contributed by atoms with van der Waals surface area (Å²) in [5.74, 6) is 0.446. The molecule has 5 aromatic rings. The number of aromatic nitrogens is 2. The molecule has 0 bridgehead atoms. The number of rotatable bonds is 6. The number of nitrogens with one attached hydrogen (secondary N) is 1. The molecular formula is C26H21N3O2S. The van der Waals surface area contributed by atoms with Crippen LogP contribution in [-0.2, 0) is 12.8 Å². The van der Waals surface area contributed by atoms with Crippen LogP contribution < -0.4 is 5.32 Å². The SMILES string of the molecule is CCc1ccc(Cc2cnc(NC(=O)c3ccc4noc(-c5ccccc5)c4c3)s2)cc1. The van der Waals surface area contributed by atoms with Crippen molar-refractivity contribution in [2.75, 3.05) is 5.32 Å². The first-order chi connectivity index (χ1) is 15.7. The first-order valence-corrected chi connectivity index (χ1v) is 11.3. The lowest BCUT2D eigenvalue weighted by Crippen LogP contribution is -2.11. The van der Waals surface area contributed by atoms with Crippen molar-refractivity contribution in [3.05, 3.63) is 101 Å². The van der Waals surface area contributed by atoms with Gasteiger partial charge in [0.2, 0.25) is 0 Å². The lowest BCUT2D eigenvalue weighted by molar-refractivity contribution is 0.102. The van der Waals surface area contributed by atoms with Gasteiger partial charge < -0.3 is 4.52 Å². The number of amides is 1. The molecule has 0 unspecified atom stereocenters. The predicted molar refractivity (Wildman–Crippen MR) is 128 cm³/mol. The summed E-state index contributed by atoms with van der Waals surface area (Å²) in [7, 11) is 0. The highest BCUT2D eigenvalue weighted by Gasteiger charge is 2.15. The van der Waals surface area contributed by atoms with Crippen LogP contribution >= 0.6 is 11.3 Å². The Kier molecular flexibility index (Phi) is 5.52. The molecule has 0 aliphatic carbocycles. The first-order valence-electron chi connectivity index (χ1n) is 10.5. The Morgan fingerprint density at radius 2 is 1.78 bits per heavy atom. The number of fused-ring (bicyclic) bond motifs is 1. The summed E-state index contributed by atoms with van der Waals surface area (Å²) in [6.07, 6.45) is 3.65. The standard InChI is InChI=1S/C26H21N3O2S/c1-2-17-8-10-18(11-9-17)14-21-16-27-26(32-21)28-25(30)20-12-13-23-22(15-20)24(31-29-23)19-6-4-3-5-7-19/h3-13,15-16H,2,14H2,1H3,(H,27,28,30). The first kappa shape index (κ1) is 20.2. The van der Waals surface area contributed by atoms with Crippen LogP contribution in [-0.4, -0.2) is 16.0 Å². The third-order valence-corrected chi connectivity index (χ3v) is 6.27. The maximum Gasteiger partial charge on any atom is 0.257 e. The van der Waals surface area contributed by atoms with Crippen LogP contribution in [0.4, 0.5) is 5.13 Å². The predicted octanol–water partition coefficient (Wildman–Crippen LogP) is 6.36. The zero-order chi connectivity index (χ0) is 21.9. The van der Waals surface area contributed by atoms with Gasteiger partial charge in [0.15, 0.2) is 10.9 Å². The number of carbonyl (C=O) groups is 1. The monoisotopic (exact) mass is 439 g/mol. The van der Waals surface area contributed by atoms with E-state index in [4.69, 9.17) is 4.52 Å². The fourth-order valence-corrected chi connectivity index (χ4v) is 4.43. The van der Waals surface area contributed by atoms with Gasteiger partial charge in [-0.25, -0.2) is 4.98 Å². The molecule has 3 aromatic carbocycles. The van der Waals surface area contributed by atoms with E-state index >= 15 is 0 Å². The minimum Gasteiger partial charge on any atom is -0.355 e. The molecule has 2 aromatic heterocycles. The molecule has 0 aliphatic heterocycles. The topological polar surface area (TPSA) is 68.0 Å². The fraction of sp³-hybridized carbons (Fsp3) is 0.115. The average molecular weight is 440 g/mol. The van der Waals surface area contributed by atoms with Crippen LogP contribution in [0.25, 0.3) is 22.2 Å². The van der Waals surface area contributed by atoms with Crippen molar-refractivity contribution in [1.29, 1.82) is 0 Å². The summed E-state index contributed by atoms with van der Waals surface area (Å²) in [6, 6.07) is 23.7. The van der Waals surface area contributed by atoms with Crippen LogP contribution in [0, 0.1) is 0 Å². The van der Waals surface area contributed by atoms with Crippen molar-refractivity contribution < 1.29 is 9.32 Å². The van der Waals surface area contributed by atoms with E-state index in [-0.39, 0.29) is 5.91 Å². The van der Waals surface area contributed by atoms with E-state index in [0.29, 0.717) is 22.0 Å². The molecule has 5 nitrogen and oxygen atoms in total. The third kappa shape index (κ3) is 4.18. The van der Waals surface area contributed by atoms with E-state index in [1.165, 1.54) is 22.5 Å². The van der Waals surface area contributed by atoms with E-state index in [1.54, 1.807) is 12.1 Å². The van der Waals surface area contributed by atoms with Gasteiger partial charge in [-0.1, -0.05) is 66.7 Å². The van der Waals surface area contributed by atoms with Gasteiger partial charge >= 0.3 is 0 Å². The molecule has 0 radical (unpaired) electrons. The van der Waals surface area contributed by atoms with Gasteiger partial charge in [0.1, 0.15) is 5.52 Å². The molecule has 5 rings (SSSR count). The number of carbonyl (C=O) groups excluding carboxylic acids is 1. The Morgan fingerprint density at radius 3 is 2.56 bits per heavy atom. The van der Waals surface area contributed by atoms with Gasteiger partial charge in [0.05, 0.1) is 5.39 Å². The van der Waals surface area contributed by atoms with E-state index < -0.39 is 0 Å². The Balaban J connectivity index is 1.33. The fourth-order valence-electron chi connectivity index (χ4n) is 3.59. The van der Waals surface area contributed by atoms with Gasteiger partial charge in [-0.05, 0) is 35.7 Å². The highest BCUT2D eigenvalue weighted by atomic mass is 32.1. The van der Waals surface area contributed by atoms with Crippen molar-refractivity contribution in [2.24, 2.45) is 0 Å². The summed E-state index contributed by atoms with van der Waals surface area (Å²) >= 11 is 1.49. The number of thiazole rings is 1. The molecule has 1 N–H and O–H groups in total. The average Bonchev–Trinajstić information content (AvgIpc) is 3.46. The molecule has 158 valence electrons. The highest BCUT2D eigenvalue weighted by molar-refractivity contribution is 7.15. The Bertz CT molecular complexity index is 1370. The molecule has 2 heterocycles. The van der Waals surface area contributed by atoms with Crippen LogP contribution in [0.5, 0.6) is 0 Å². The maximum absolute atomic E-state index is 12.9. The van der Waals surface area contributed by atoms with Crippen LogP contribution in [0.3, 0.4) is 0 Å². The quantitative estimate of drug-likeness (QED) is 0.334. The van der Waals surface area contributed by atoms with Crippen molar-refractivity contribution in [2.45, 2.75) is 19.8 Å². The number of nitrogens with zero attached hydrogens (tertiary/aromatic N) is 2. The summed E-state index contributed by atoms with van der Waals surface area (Å²) in [5.41, 5.74) is 4.72. The summed E-state index contributed by atoms with van der Waals surface area (Å²) in [4.78, 5) is 18.4. The minimum atomic E-state index is -0.208. The second kappa shape index (κ2) is 8.77. The van der Waals surface area contributed by atoms with E-state index in [0.717, 1.165) is 28.7 Å². The maximum atomic E-state index is 12.9. The second-order valence-electron chi connectivity index (χ2n) is 7.54. The van der Waals surface area contributed by atoms with Gasteiger partial charge in [-0.2, -0.15) is 0 Å². The Labute approximate surface area is 189 Å². The van der Waals surface area contributed by atoms with Gasteiger partial charge in [0.25, 0.3) is 5.91 Å². The zero-order valence-corrected chi connectivity index (χ0v) is 18.4. The number of hydrogen-bond donors (Lipinski definition) is 1. The lowest BCUT2D eigenvalue weighted by Gasteiger charge is -2.03. The molecule has 0 aliphatic rings. The molecule has 0 saturated heterocycles. The van der Waals surface area contributed by atoms with Crippen molar-refractivity contribution >= 4 is 33.3 Å². The second-order valence-corrected chi connectivity index (χ2v) is 8.66. The Hall–Kier alpha value is -3.77. The summed E-state index contributed by atoms with van der Waals surface area (Å²) < 4.78 is 5.54. The molecule has 0 atom stereocenters. The summed E-state index contributed by atoms with van der Waals surface area (Å²) in [6.45, 7) is 2.15. The normalized spacial score (nSPS) is 11.0. The molecule has 0 saturated carbocycles. The smallest absolute Gasteiger partial charge is 0.257 e.